The molecule has 0 unspecified atom stereocenters. The molecule has 1 N–H and O–H groups in total. The van der Waals surface area contributed by atoms with E-state index in [0.29, 0.717) is 22.5 Å². The first-order valence-corrected chi connectivity index (χ1v) is 12.0. The minimum Gasteiger partial charge on any atom is -0.465 e. The molecule has 2 aromatic carbocycles. The number of esters is 1. The number of aryl methyl sites for hydroxylation is 2. The largest absolute Gasteiger partial charge is 0.465 e. The Labute approximate surface area is 200 Å². The molecule has 8 heteroatoms. The number of amides is 1. The van der Waals surface area contributed by atoms with E-state index >= 15 is 0 Å². The van der Waals surface area contributed by atoms with Crippen LogP contribution in [0, 0.1) is 0 Å². The summed E-state index contributed by atoms with van der Waals surface area (Å²) in [5, 5.41) is 3.46. The number of nitrogens with one attached hydrogen (secondary N) is 1. The van der Waals surface area contributed by atoms with Gasteiger partial charge in [0.15, 0.2) is 0 Å². The lowest BCUT2D eigenvalue weighted by Crippen LogP contribution is -2.30. The van der Waals surface area contributed by atoms with E-state index in [2.05, 4.69) is 5.32 Å². The number of rotatable bonds is 5. The molecule has 0 saturated heterocycles. The SMILES string of the molecule is COC(=O)c1ccc(NC(=O)Cn2c(-c3ccccc3)nc3sc4c(c3c2=O)CCCC4)cc1. The summed E-state index contributed by atoms with van der Waals surface area (Å²) in [4.78, 5) is 45.1. The molecule has 0 radical (unpaired) electrons. The Morgan fingerprint density at radius 2 is 1.79 bits per heavy atom. The highest BCUT2D eigenvalue weighted by atomic mass is 32.1. The second-order valence-electron chi connectivity index (χ2n) is 8.20. The third-order valence-electron chi connectivity index (χ3n) is 6.00. The summed E-state index contributed by atoms with van der Waals surface area (Å²) in [5.74, 6) is -0.321. The van der Waals surface area contributed by atoms with Crippen LogP contribution in [0.5, 0.6) is 0 Å². The molecule has 0 saturated carbocycles. The van der Waals surface area contributed by atoms with Crippen molar-refractivity contribution in [3.63, 3.8) is 0 Å². The molecule has 34 heavy (non-hydrogen) atoms. The van der Waals surface area contributed by atoms with Crippen molar-refractivity contribution < 1.29 is 14.3 Å². The highest BCUT2D eigenvalue weighted by molar-refractivity contribution is 7.18. The molecule has 0 spiro atoms. The van der Waals surface area contributed by atoms with Crippen LogP contribution in [-0.4, -0.2) is 28.5 Å². The number of anilines is 1. The van der Waals surface area contributed by atoms with Crippen molar-refractivity contribution in [2.75, 3.05) is 12.4 Å². The van der Waals surface area contributed by atoms with Crippen molar-refractivity contribution in [1.29, 1.82) is 0 Å². The Morgan fingerprint density at radius 3 is 2.53 bits per heavy atom. The maximum absolute atomic E-state index is 13.7. The van der Waals surface area contributed by atoms with Crippen LogP contribution in [-0.2, 0) is 28.9 Å². The molecule has 1 aliphatic rings. The van der Waals surface area contributed by atoms with Gasteiger partial charge in [-0.2, -0.15) is 0 Å². The number of thiophene rings is 1. The minimum absolute atomic E-state index is 0.171. The van der Waals surface area contributed by atoms with Gasteiger partial charge in [0.05, 0.1) is 18.1 Å². The van der Waals surface area contributed by atoms with Crippen molar-refractivity contribution in [3.05, 3.63) is 81.0 Å². The lowest BCUT2D eigenvalue weighted by atomic mass is 9.97. The van der Waals surface area contributed by atoms with Gasteiger partial charge in [-0.05, 0) is 55.5 Å². The molecule has 2 heterocycles. The molecule has 5 rings (SSSR count). The van der Waals surface area contributed by atoms with Gasteiger partial charge >= 0.3 is 5.97 Å². The van der Waals surface area contributed by atoms with E-state index < -0.39 is 5.97 Å². The summed E-state index contributed by atoms with van der Waals surface area (Å²) in [7, 11) is 1.32. The molecule has 7 nitrogen and oxygen atoms in total. The summed E-state index contributed by atoms with van der Waals surface area (Å²) < 4.78 is 6.17. The van der Waals surface area contributed by atoms with Crippen LogP contribution in [0.3, 0.4) is 0 Å². The molecule has 0 aliphatic heterocycles. The molecular formula is C26H23N3O4S. The first-order valence-electron chi connectivity index (χ1n) is 11.1. The second-order valence-corrected chi connectivity index (χ2v) is 9.28. The van der Waals surface area contributed by atoms with Gasteiger partial charge < -0.3 is 10.1 Å². The molecule has 4 aromatic rings. The van der Waals surface area contributed by atoms with Gasteiger partial charge in [0.25, 0.3) is 5.56 Å². The van der Waals surface area contributed by atoms with E-state index in [-0.39, 0.29) is 18.0 Å². The minimum atomic E-state index is -0.449. The number of carbonyl (C=O) groups is 2. The lowest BCUT2D eigenvalue weighted by Gasteiger charge is -2.14. The van der Waals surface area contributed by atoms with E-state index in [1.807, 2.05) is 30.3 Å². The highest BCUT2D eigenvalue weighted by Crippen LogP contribution is 2.34. The number of fused-ring (bicyclic) bond motifs is 3. The predicted octanol–water partition coefficient (Wildman–Crippen LogP) is 4.43. The van der Waals surface area contributed by atoms with Crippen LogP contribution in [0.25, 0.3) is 21.6 Å². The first-order chi connectivity index (χ1) is 16.5. The lowest BCUT2D eigenvalue weighted by molar-refractivity contribution is -0.116. The number of methoxy groups -OCH3 is 1. The summed E-state index contributed by atoms with van der Waals surface area (Å²) in [6.07, 6.45) is 4.02. The van der Waals surface area contributed by atoms with E-state index in [1.165, 1.54) is 16.6 Å². The average Bonchev–Trinajstić information content (AvgIpc) is 3.25. The normalized spacial score (nSPS) is 12.9. The molecular weight excluding hydrogens is 450 g/mol. The maximum Gasteiger partial charge on any atom is 0.337 e. The van der Waals surface area contributed by atoms with Gasteiger partial charge in [-0.15, -0.1) is 11.3 Å². The Morgan fingerprint density at radius 1 is 1.06 bits per heavy atom. The van der Waals surface area contributed by atoms with Crippen LogP contribution < -0.4 is 10.9 Å². The Hall–Kier alpha value is -3.78. The molecule has 2 aromatic heterocycles. The van der Waals surface area contributed by atoms with Crippen molar-refractivity contribution in [3.8, 4) is 11.4 Å². The molecule has 172 valence electrons. The van der Waals surface area contributed by atoms with E-state index in [9.17, 15) is 14.4 Å². The van der Waals surface area contributed by atoms with Crippen molar-refractivity contribution in [2.24, 2.45) is 0 Å². The number of aromatic nitrogens is 2. The number of hydrogen-bond acceptors (Lipinski definition) is 6. The van der Waals surface area contributed by atoms with Crippen LogP contribution in [0.15, 0.2) is 59.4 Å². The fourth-order valence-corrected chi connectivity index (χ4v) is 5.60. The van der Waals surface area contributed by atoms with Gasteiger partial charge in [0, 0.05) is 16.1 Å². The van der Waals surface area contributed by atoms with Crippen molar-refractivity contribution in [2.45, 2.75) is 32.2 Å². The smallest absolute Gasteiger partial charge is 0.337 e. The fraction of sp³-hybridized carbons (Fsp3) is 0.231. The van der Waals surface area contributed by atoms with Gasteiger partial charge in [0.2, 0.25) is 5.91 Å². The monoisotopic (exact) mass is 473 g/mol. The van der Waals surface area contributed by atoms with Gasteiger partial charge in [-0.1, -0.05) is 30.3 Å². The summed E-state index contributed by atoms with van der Waals surface area (Å²) in [6, 6.07) is 15.9. The highest BCUT2D eigenvalue weighted by Gasteiger charge is 2.23. The van der Waals surface area contributed by atoms with Crippen LogP contribution in [0.1, 0.15) is 33.6 Å². The zero-order chi connectivity index (χ0) is 23.7. The molecule has 1 aliphatic carbocycles. The third kappa shape index (κ3) is 4.12. The van der Waals surface area contributed by atoms with E-state index in [1.54, 1.807) is 35.6 Å². The number of carbonyl (C=O) groups excluding carboxylic acids is 2. The third-order valence-corrected chi connectivity index (χ3v) is 7.18. The van der Waals surface area contributed by atoms with Gasteiger partial charge in [-0.3, -0.25) is 14.2 Å². The number of ether oxygens (including phenoxy) is 1. The Kier molecular flexibility index (Phi) is 5.98. The van der Waals surface area contributed by atoms with E-state index in [0.717, 1.165) is 41.6 Å². The second kappa shape index (κ2) is 9.23. The quantitative estimate of drug-likeness (QED) is 0.433. The molecule has 0 bridgehead atoms. The first kappa shape index (κ1) is 22.0. The van der Waals surface area contributed by atoms with Crippen LogP contribution in [0.2, 0.25) is 0 Å². The standard InChI is InChI=1S/C26H23N3O4S/c1-33-26(32)17-11-13-18(14-12-17)27-21(30)15-29-23(16-7-3-2-4-8-16)28-24-22(25(29)31)19-9-5-6-10-20(19)34-24/h2-4,7-8,11-14H,5-6,9-10,15H2,1H3,(H,27,30). The zero-order valence-corrected chi connectivity index (χ0v) is 19.5. The number of benzene rings is 2. The van der Waals surface area contributed by atoms with Crippen molar-refractivity contribution >= 4 is 39.1 Å². The summed E-state index contributed by atoms with van der Waals surface area (Å²) in [6.45, 7) is -0.171. The van der Waals surface area contributed by atoms with Crippen LogP contribution in [0.4, 0.5) is 5.69 Å². The van der Waals surface area contributed by atoms with Gasteiger partial charge in [-0.25, -0.2) is 9.78 Å². The van der Waals surface area contributed by atoms with Crippen molar-refractivity contribution in [1.82, 2.24) is 9.55 Å². The topological polar surface area (TPSA) is 90.3 Å². The van der Waals surface area contributed by atoms with Gasteiger partial charge in [0.1, 0.15) is 17.2 Å². The zero-order valence-electron chi connectivity index (χ0n) is 18.7. The predicted molar refractivity (Wildman–Crippen MR) is 132 cm³/mol. The maximum atomic E-state index is 13.7. The molecule has 0 fully saturated rings. The summed E-state index contributed by atoms with van der Waals surface area (Å²) >= 11 is 1.60. The molecule has 1 amide bonds. The molecule has 0 atom stereocenters. The average molecular weight is 474 g/mol. The van der Waals surface area contributed by atoms with Crippen LogP contribution >= 0.6 is 11.3 Å². The summed E-state index contributed by atoms with van der Waals surface area (Å²) in [5.41, 5.74) is 2.60. The fourth-order valence-electron chi connectivity index (χ4n) is 4.34. The Balaban J connectivity index is 1.52. The number of nitrogens with zero attached hydrogens (tertiary/aromatic N) is 2. The Bertz CT molecular complexity index is 1440. The van der Waals surface area contributed by atoms with E-state index in [4.69, 9.17) is 9.72 Å². The number of hydrogen-bond donors (Lipinski definition) is 1.